The molecule has 0 fully saturated rings. The molecule has 2 aromatic rings. The van der Waals surface area contributed by atoms with E-state index in [1.165, 1.54) is 5.57 Å². The molecule has 0 bridgehead atoms. The van der Waals surface area contributed by atoms with Gasteiger partial charge in [0.2, 0.25) is 5.95 Å². The number of rotatable bonds is 4. The summed E-state index contributed by atoms with van der Waals surface area (Å²) in [7, 11) is 0. The highest BCUT2D eigenvalue weighted by atomic mass is 16.1. The fourth-order valence-corrected chi connectivity index (χ4v) is 2.24. The summed E-state index contributed by atoms with van der Waals surface area (Å²) in [6, 6.07) is 9.25. The average molecular weight is 295 g/mol. The number of hydrogen-bond donors (Lipinski definition) is 3. The number of aromatic nitrogens is 3. The predicted molar refractivity (Wildman–Crippen MR) is 85.9 cm³/mol. The van der Waals surface area contributed by atoms with Crippen LogP contribution in [0.2, 0.25) is 0 Å². The van der Waals surface area contributed by atoms with Crippen LogP contribution < -0.4 is 16.4 Å². The van der Waals surface area contributed by atoms with E-state index in [2.05, 4.69) is 38.2 Å². The van der Waals surface area contributed by atoms with Crippen molar-refractivity contribution in [3.63, 3.8) is 0 Å². The fourth-order valence-electron chi connectivity index (χ4n) is 2.24. The van der Waals surface area contributed by atoms with Crippen molar-refractivity contribution in [3.8, 4) is 11.3 Å². The quantitative estimate of drug-likeness (QED) is 0.596. The summed E-state index contributed by atoms with van der Waals surface area (Å²) in [5.74, 6) is 0.285. The van der Waals surface area contributed by atoms with Crippen molar-refractivity contribution in [1.82, 2.24) is 20.6 Å². The van der Waals surface area contributed by atoms with Gasteiger partial charge in [-0.15, -0.1) is 10.2 Å². The van der Waals surface area contributed by atoms with Gasteiger partial charge < -0.3 is 5.43 Å². The molecule has 0 radical (unpaired) electrons. The minimum atomic E-state index is -0.279. The second kappa shape index (κ2) is 6.71. The first kappa shape index (κ1) is 14.1. The SMILES string of the molecule is O=c1[nH]c(NN/C=C2\CC=CCC2)nnc1-c1ccccc1. The maximum Gasteiger partial charge on any atom is 0.279 e. The summed E-state index contributed by atoms with van der Waals surface area (Å²) in [4.78, 5) is 14.7. The molecular formula is C16H17N5O. The van der Waals surface area contributed by atoms with E-state index in [9.17, 15) is 4.79 Å². The van der Waals surface area contributed by atoms with E-state index < -0.39 is 0 Å². The van der Waals surface area contributed by atoms with E-state index >= 15 is 0 Å². The Bertz CT molecular complexity index is 749. The molecule has 0 unspecified atom stereocenters. The normalized spacial score (nSPS) is 15.7. The molecule has 0 atom stereocenters. The lowest BCUT2D eigenvalue weighted by atomic mass is 10.0. The maximum absolute atomic E-state index is 12.1. The van der Waals surface area contributed by atoms with Crippen LogP contribution in [0.5, 0.6) is 0 Å². The Morgan fingerprint density at radius 2 is 2.00 bits per heavy atom. The third-order valence-electron chi connectivity index (χ3n) is 3.39. The minimum absolute atomic E-state index is 0.279. The van der Waals surface area contributed by atoms with E-state index in [1.54, 1.807) is 0 Å². The number of nitrogens with zero attached hydrogens (tertiary/aromatic N) is 2. The molecule has 0 aliphatic heterocycles. The molecule has 112 valence electrons. The zero-order valence-corrected chi connectivity index (χ0v) is 12.0. The van der Waals surface area contributed by atoms with Crippen molar-refractivity contribution in [1.29, 1.82) is 0 Å². The Labute approximate surface area is 128 Å². The number of hydrazine groups is 1. The first-order valence-electron chi connectivity index (χ1n) is 7.20. The van der Waals surface area contributed by atoms with Crippen LogP contribution >= 0.6 is 0 Å². The minimum Gasteiger partial charge on any atom is -0.306 e. The monoisotopic (exact) mass is 295 g/mol. The number of hydrogen-bond acceptors (Lipinski definition) is 5. The van der Waals surface area contributed by atoms with Gasteiger partial charge in [-0.3, -0.25) is 15.2 Å². The van der Waals surface area contributed by atoms with Crippen LogP contribution in [0.15, 0.2) is 59.1 Å². The Kier molecular flexibility index (Phi) is 4.29. The van der Waals surface area contributed by atoms with E-state index in [4.69, 9.17) is 0 Å². The molecule has 1 aromatic heterocycles. The number of allylic oxidation sites excluding steroid dienone is 3. The van der Waals surface area contributed by atoms with E-state index in [0.29, 0.717) is 5.69 Å². The highest BCUT2D eigenvalue weighted by molar-refractivity contribution is 5.57. The van der Waals surface area contributed by atoms with Crippen LogP contribution in [0.4, 0.5) is 5.95 Å². The predicted octanol–water partition coefficient (Wildman–Crippen LogP) is 2.37. The molecule has 0 amide bonds. The highest BCUT2D eigenvalue weighted by Gasteiger charge is 2.06. The number of H-pyrrole nitrogens is 1. The third kappa shape index (κ3) is 3.41. The van der Waals surface area contributed by atoms with Crippen LogP contribution in [-0.4, -0.2) is 15.2 Å². The second-order valence-electron chi connectivity index (χ2n) is 5.00. The summed E-state index contributed by atoms with van der Waals surface area (Å²) in [5.41, 5.74) is 7.84. The molecule has 1 aliphatic carbocycles. The van der Waals surface area contributed by atoms with E-state index in [0.717, 1.165) is 24.8 Å². The fraction of sp³-hybridized carbons (Fsp3) is 0.188. The molecule has 22 heavy (non-hydrogen) atoms. The highest BCUT2D eigenvalue weighted by Crippen LogP contribution is 2.15. The lowest BCUT2D eigenvalue weighted by Crippen LogP contribution is -2.22. The van der Waals surface area contributed by atoms with Gasteiger partial charge >= 0.3 is 0 Å². The largest absolute Gasteiger partial charge is 0.306 e. The first-order valence-corrected chi connectivity index (χ1v) is 7.20. The molecule has 6 nitrogen and oxygen atoms in total. The molecular weight excluding hydrogens is 278 g/mol. The third-order valence-corrected chi connectivity index (χ3v) is 3.39. The molecule has 3 N–H and O–H groups in total. The Morgan fingerprint density at radius 1 is 1.14 bits per heavy atom. The van der Waals surface area contributed by atoms with Crippen molar-refractivity contribution >= 4 is 5.95 Å². The van der Waals surface area contributed by atoms with Gasteiger partial charge in [-0.05, 0) is 24.8 Å². The molecule has 0 saturated heterocycles. The van der Waals surface area contributed by atoms with E-state index in [1.807, 2.05) is 36.5 Å². The van der Waals surface area contributed by atoms with Crippen LogP contribution in [0.3, 0.4) is 0 Å². The standard InChI is InChI=1S/C16H17N5O/c22-15-14(13-9-5-2-6-10-13)19-21-16(18-15)20-17-11-12-7-3-1-4-8-12/h1-3,5-6,9-11,17H,4,7-8H2,(H2,18,20,21,22)/b12-11+. The van der Waals surface area contributed by atoms with Crippen LogP contribution in [0, 0.1) is 0 Å². The molecule has 0 spiro atoms. The summed E-state index contributed by atoms with van der Waals surface area (Å²) in [6.07, 6.45) is 9.28. The molecule has 6 heteroatoms. The van der Waals surface area contributed by atoms with Gasteiger partial charge in [-0.25, -0.2) is 0 Å². The Balaban J connectivity index is 1.67. The van der Waals surface area contributed by atoms with Gasteiger partial charge in [0.25, 0.3) is 5.56 Å². The summed E-state index contributed by atoms with van der Waals surface area (Å²) in [6.45, 7) is 0. The van der Waals surface area contributed by atoms with Crippen molar-refractivity contribution in [2.75, 3.05) is 5.43 Å². The smallest absolute Gasteiger partial charge is 0.279 e. The molecule has 1 aromatic carbocycles. The van der Waals surface area contributed by atoms with E-state index in [-0.39, 0.29) is 11.5 Å². The second-order valence-corrected chi connectivity index (χ2v) is 5.00. The molecule has 0 saturated carbocycles. The number of aromatic amines is 1. The van der Waals surface area contributed by atoms with Gasteiger partial charge in [0, 0.05) is 11.8 Å². The maximum atomic E-state index is 12.1. The number of anilines is 1. The van der Waals surface area contributed by atoms with Crippen molar-refractivity contribution in [2.24, 2.45) is 0 Å². The lowest BCUT2D eigenvalue weighted by Gasteiger charge is -2.10. The van der Waals surface area contributed by atoms with Gasteiger partial charge in [0.05, 0.1) is 0 Å². The zero-order chi connectivity index (χ0) is 15.2. The lowest BCUT2D eigenvalue weighted by molar-refractivity contribution is 0.856. The average Bonchev–Trinajstić information content (AvgIpc) is 2.57. The molecule has 1 aliphatic rings. The number of nitrogens with one attached hydrogen (secondary N) is 3. The summed E-state index contributed by atoms with van der Waals surface area (Å²) >= 11 is 0. The van der Waals surface area contributed by atoms with Crippen molar-refractivity contribution in [3.05, 3.63) is 64.6 Å². The van der Waals surface area contributed by atoms with Gasteiger partial charge in [0.1, 0.15) is 0 Å². The Hall–Kier alpha value is -2.89. The molecule has 1 heterocycles. The van der Waals surface area contributed by atoms with Gasteiger partial charge in [-0.1, -0.05) is 42.5 Å². The summed E-state index contributed by atoms with van der Waals surface area (Å²) in [5, 5.41) is 7.96. The van der Waals surface area contributed by atoms with Crippen LogP contribution in [-0.2, 0) is 0 Å². The van der Waals surface area contributed by atoms with Gasteiger partial charge in [-0.2, -0.15) is 0 Å². The molecule has 3 rings (SSSR count). The first-order chi connectivity index (χ1) is 10.8. The summed E-state index contributed by atoms with van der Waals surface area (Å²) < 4.78 is 0. The van der Waals surface area contributed by atoms with Crippen LogP contribution in [0.25, 0.3) is 11.3 Å². The Morgan fingerprint density at radius 3 is 2.73 bits per heavy atom. The van der Waals surface area contributed by atoms with Crippen LogP contribution in [0.1, 0.15) is 19.3 Å². The zero-order valence-electron chi connectivity index (χ0n) is 12.0. The van der Waals surface area contributed by atoms with Gasteiger partial charge in [0.15, 0.2) is 5.69 Å². The topological polar surface area (TPSA) is 82.7 Å². The number of benzene rings is 1. The van der Waals surface area contributed by atoms with Crippen molar-refractivity contribution in [2.45, 2.75) is 19.3 Å². The van der Waals surface area contributed by atoms with Crippen molar-refractivity contribution < 1.29 is 0 Å².